The van der Waals surface area contributed by atoms with E-state index < -0.39 is 23.2 Å². The van der Waals surface area contributed by atoms with Crippen molar-refractivity contribution in [2.45, 2.75) is 0 Å². The zero-order valence-corrected chi connectivity index (χ0v) is 19.1. The number of hydrogen-bond donors (Lipinski definition) is 0. The second-order valence-electron chi connectivity index (χ2n) is 7.73. The van der Waals surface area contributed by atoms with Crippen LogP contribution < -0.4 is 9.47 Å². The fourth-order valence-corrected chi connectivity index (χ4v) is 4.26. The van der Waals surface area contributed by atoms with Gasteiger partial charge in [-0.25, -0.2) is 8.78 Å². The minimum Gasteiger partial charge on any atom is -0.496 e. The molecule has 0 saturated carbocycles. The summed E-state index contributed by atoms with van der Waals surface area (Å²) in [6.45, 7) is 0. The third-order valence-electron chi connectivity index (χ3n) is 5.80. The van der Waals surface area contributed by atoms with E-state index in [0.29, 0.717) is 10.8 Å². The Morgan fingerprint density at radius 3 is 1.44 bits per heavy atom. The first-order valence-electron chi connectivity index (χ1n) is 10.6. The van der Waals surface area contributed by atoms with Crippen LogP contribution in [0.2, 0.25) is 0 Å². The van der Waals surface area contributed by atoms with Crippen LogP contribution in [0.3, 0.4) is 0 Å². The molecule has 0 atom stereocenters. The number of ketones is 2. The minimum absolute atomic E-state index is 0.0451. The molecule has 8 heteroatoms. The van der Waals surface area contributed by atoms with Gasteiger partial charge in [-0.05, 0) is 53.9 Å². The van der Waals surface area contributed by atoms with E-state index in [1.165, 1.54) is 26.4 Å². The van der Waals surface area contributed by atoms with Gasteiger partial charge < -0.3 is 9.47 Å². The Hall–Kier alpha value is -4.72. The molecule has 0 aromatic heterocycles. The predicted molar refractivity (Wildman–Crippen MR) is 129 cm³/mol. The molecule has 0 saturated heterocycles. The highest BCUT2D eigenvalue weighted by molar-refractivity contribution is 6.36. The minimum atomic E-state index is -0.893. The van der Waals surface area contributed by atoms with Crippen LogP contribution >= 0.6 is 0 Å². The summed E-state index contributed by atoms with van der Waals surface area (Å²) < 4.78 is 40.0. The van der Waals surface area contributed by atoms with Gasteiger partial charge in [-0.2, -0.15) is 0 Å². The second-order valence-corrected chi connectivity index (χ2v) is 7.73. The fourth-order valence-electron chi connectivity index (χ4n) is 4.26. The van der Waals surface area contributed by atoms with Gasteiger partial charge in [0.1, 0.15) is 23.1 Å². The molecule has 36 heavy (non-hydrogen) atoms. The van der Waals surface area contributed by atoms with Gasteiger partial charge in [-0.15, -0.1) is 0 Å². The number of ether oxygens (including phenoxy) is 2. The molecule has 6 nitrogen and oxygen atoms in total. The Balaban J connectivity index is 2.28. The maximum atomic E-state index is 14.5. The van der Waals surface area contributed by atoms with Crippen molar-refractivity contribution in [3.8, 4) is 33.8 Å². The van der Waals surface area contributed by atoms with Gasteiger partial charge in [0.25, 0.3) is 0 Å². The van der Waals surface area contributed by atoms with Crippen LogP contribution in [0.5, 0.6) is 11.5 Å². The molecular weight excluding hydrogens is 470 g/mol. The molecule has 4 aromatic carbocycles. The van der Waals surface area contributed by atoms with Crippen LogP contribution in [0.15, 0.2) is 60.7 Å². The van der Waals surface area contributed by atoms with Crippen molar-refractivity contribution in [1.82, 2.24) is 0 Å². The first kappa shape index (κ1) is 24.4. The molecule has 180 valence electrons. The molecule has 0 heterocycles. The average Bonchev–Trinajstić information content (AvgIpc) is 2.90. The van der Waals surface area contributed by atoms with E-state index in [4.69, 9.17) is 9.47 Å². The lowest BCUT2D eigenvalue weighted by molar-refractivity contribution is -0.105. The van der Waals surface area contributed by atoms with Crippen molar-refractivity contribution in [3.05, 3.63) is 83.4 Å². The highest BCUT2D eigenvalue weighted by atomic mass is 19.1. The molecular formula is C28H18F2O6. The number of carbonyl (C=O) groups is 4. The van der Waals surface area contributed by atoms with Gasteiger partial charge in [0.15, 0.2) is 12.6 Å². The predicted octanol–water partition coefficient (Wildman–Crippen LogP) is 5.23. The quantitative estimate of drug-likeness (QED) is 0.192. The molecule has 0 spiro atoms. The number of hydrogen-bond acceptors (Lipinski definition) is 6. The summed E-state index contributed by atoms with van der Waals surface area (Å²) in [5.74, 6) is -2.73. The number of carbonyl (C=O) groups excluding carboxylic acids is 4. The number of benzene rings is 4. The van der Waals surface area contributed by atoms with Crippen LogP contribution in [0.25, 0.3) is 33.0 Å². The van der Waals surface area contributed by atoms with Gasteiger partial charge in [0, 0.05) is 38.8 Å². The standard InChI is InChI=1S/C28H18F2O6/c1-35-24-9-3-15-4-10-25(36-2)28(21-12-17(30)6-8-19(21)23(34)14-32)26(15)27(24)20-11-16(29)5-7-18(20)22(33)13-31/h3-14H,1-2H3. The van der Waals surface area contributed by atoms with E-state index >= 15 is 0 Å². The number of halogens is 2. The van der Waals surface area contributed by atoms with E-state index in [1.807, 2.05) is 0 Å². The van der Waals surface area contributed by atoms with E-state index in [-0.39, 0.29) is 57.5 Å². The van der Waals surface area contributed by atoms with Crippen molar-refractivity contribution in [1.29, 1.82) is 0 Å². The Kier molecular flexibility index (Phi) is 6.69. The molecule has 4 rings (SSSR count). The van der Waals surface area contributed by atoms with Gasteiger partial charge in [0.05, 0.1) is 14.2 Å². The number of aldehydes is 2. The van der Waals surface area contributed by atoms with E-state index in [2.05, 4.69) is 0 Å². The Morgan fingerprint density at radius 1 is 0.667 bits per heavy atom. The van der Waals surface area contributed by atoms with Gasteiger partial charge >= 0.3 is 0 Å². The van der Waals surface area contributed by atoms with Crippen LogP contribution in [-0.4, -0.2) is 38.4 Å². The molecule has 0 amide bonds. The summed E-state index contributed by atoms with van der Waals surface area (Å²) >= 11 is 0. The van der Waals surface area contributed by atoms with Crippen molar-refractivity contribution < 1.29 is 37.4 Å². The zero-order chi connectivity index (χ0) is 26.0. The zero-order valence-electron chi connectivity index (χ0n) is 19.1. The highest BCUT2D eigenvalue weighted by Gasteiger charge is 2.25. The smallest absolute Gasteiger partial charge is 0.225 e. The SMILES string of the molecule is COc1ccc2ccc(OC)c(-c3cc(F)ccc3C(=O)C=O)c2c1-c1cc(F)ccc1C(=O)C=O. The third kappa shape index (κ3) is 4.13. The molecule has 4 aromatic rings. The number of Topliss-reactive ketones (excluding diaryl/α,β-unsaturated/α-hetero) is 2. The van der Waals surface area contributed by atoms with E-state index in [0.717, 1.165) is 24.3 Å². The summed E-state index contributed by atoms with van der Waals surface area (Å²) in [5.41, 5.74) is 0.334. The van der Waals surface area contributed by atoms with Crippen molar-refractivity contribution in [3.63, 3.8) is 0 Å². The number of rotatable bonds is 8. The highest BCUT2D eigenvalue weighted by Crippen LogP contribution is 2.47. The van der Waals surface area contributed by atoms with Crippen LogP contribution in [0.4, 0.5) is 8.78 Å². The van der Waals surface area contributed by atoms with E-state index in [9.17, 15) is 28.0 Å². The first-order chi connectivity index (χ1) is 17.3. The molecule has 0 bridgehead atoms. The summed E-state index contributed by atoms with van der Waals surface area (Å²) in [7, 11) is 2.74. The average molecular weight is 488 g/mol. The van der Waals surface area contributed by atoms with Crippen LogP contribution in [0.1, 0.15) is 20.7 Å². The van der Waals surface area contributed by atoms with Gasteiger partial charge in [-0.3, -0.25) is 19.2 Å². The maximum absolute atomic E-state index is 14.5. The molecule has 0 unspecified atom stereocenters. The Morgan fingerprint density at radius 2 is 1.08 bits per heavy atom. The lowest BCUT2D eigenvalue weighted by atomic mass is 9.86. The molecule has 0 aliphatic rings. The fraction of sp³-hybridized carbons (Fsp3) is 0.0714. The van der Waals surface area contributed by atoms with Crippen molar-refractivity contribution in [2.75, 3.05) is 14.2 Å². The molecule has 0 aliphatic carbocycles. The molecule has 0 aliphatic heterocycles. The lowest BCUT2D eigenvalue weighted by Gasteiger charge is -2.20. The topological polar surface area (TPSA) is 86.7 Å². The Bertz CT molecular complexity index is 1450. The first-order valence-corrected chi connectivity index (χ1v) is 10.6. The normalized spacial score (nSPS) is 10.7. The summed E-state index contributed by atoms with van der Waals surface area (Å²) in [4.78, 5) is 47.7. The lowest BCUT2D eigenvalue weighted by Crippen LogP contribution is -2.06. The monoisotopic (exact) mass is 488 g/mol. The van der Waals surface area contributed by atoms with Gasteiger partial charge in [0.2, 0.25) is 11.6 Å². The maximum Gasteiger partial charge on any atom is 0.225 e. The molecule has 0 radical (unpaired) electrons. The number of methoxy groups -OCH3 is 2. The van der Waals surface area contributed by atoms with Crippen LogP contribution in [-0.2, 0) is 9.59 Å². The third-order valence-corrected chi connectivity index (χ3v) is 5.80. The Labute approximate surface area is 204 Å². The number of fused-ring (bicyclic) bond motifs is 1. The van der Waals surface area contributed by atoms with Crippen molar-refractivity contribution >= 4 is 34.9 Å². The summed E-state index contributed by atoms with van der Waals surface area (Å²) in [5, 5.41) is 0.869. The van der Waals surface area contributed by atoms with Crippen LogP contribution in [0, 0.1) is 11.6 Å². The molecule has 0 N–H and O–H groups in total. The molecule has 0 fully saturated rings. The van der Waals surface area contributed by atoms with E-state index in [1.54, 1.807) is 24.3 Å². The van der Waals surface area contributed by atoms with Crippen molar-refractivity contribution in [2.24, 2.45) is 0 Å². The summed E-state index contributed by atoms with van der Waals surface area (Å²) in [6.07, 6.45) is 0.229. The van der Waals surface area contributed by atoms with Gasteiger partial charge in [-0.1, -0.05) is 12.1 Å². The second kappa shape index (κ2) is 9.87. The summed E-state index contributed by atoms with van der Waals surface area (Å²) in [6, 6.07) is 13.2. The largest absolute Gasteiger partial charge is 0.496 e.